The third-order valence-electron chi connectivity index (χ3n) is 3.87. The minimum atomic E-state index is -0.0944. The van der Waals surface area contributed by atoms with Crippen LogP contribution in [0.25, 0.3) is 0 Å². The number of ether oxygens (including phenoxy) is 1. The summed E-state index contributed by atoms with van der Waals surface area (Å²) in [5.74, 6) is 0.0970. The lowest BCUT2D eigenvalue weighted by atomic mass is 10.0. The van der Waals surface area contributed by atoms with Gasteiger partial charge in [-0.15, -0.1) is 0 Å². The van der Waals surface area contributed by atoms with Crippen molar-refractivity contribution >= 4 is 5.84 Å². The topological polar surface area (TPSA) is 82.6 Å². The fourth-order valence-corrected chi connectivity index (χ4v) is 2.47. The highest BCUT2D eigenvalue weighted by Crippen LogP contribution is 2.18. The van der Waals surface area contributed by atoms with Crippen LogP contribution in [0.3, 0.4) is 0 Å². The summed E-state index contributed by atoms with van der Waals surface area (Å²) < 4.78 is 5.55. The second kappa shape index (κ2) is 6.35. The van der Waals surface area contributed by atoms with Crippen LogP contribution in [-0.4, -0.2) is 47.7 Å². The summed E-state index contributed by atoms with van der Waals surface area (Å²) in [4.78, 5) is 2.32. The van der Waals surface area contributed by atoms with Gasteiger partial charge >= 0.3 is 0 Å². The van der Waals surface area contributed by atoms with E-state index in [2.05, 4.69) is 11.8 Å². The van der Waals surface area contributed by atoms with Gasteiger partial charge in [-0.05, 0) is 31.0 Å². The molecule has 0 bridgehead atoms. The molecule has 0 saturated carbocycles. The normalized spacial score (nSPS) is 23.8. The molecule has 4 N–H and O–H groups in total. The van der Waals surface area contributed by atoms with Crippen LogP contribution in [0, 0.1) is 12.3 Å². The van der Waals surface area contributed by atoms with E-state index in [0.717, 1.165) is 24.2 Å². The number of nitrogens with one attached hydrogen (secondary N) is 1. The van der Waals surface area contributed by atoms with Crippen molar-refractivity contribution in [3.05, 3.63) is 34.9 Å². The van der Waals surface area contributed by atoms with Crippen molar-refractivity contribution < 1.29 is 9.84 Å². The Balaban J connectivity index is 2.10. The van der Waals surface area contributed by atoms with Crippen LogP contribution in [0.4, 0.5) is 0 Å². The number of hydrogen-bond acceptors (Lipinski definition) is 4. The first-order valence-corrected chi connectivity index (χ1v) is 6.91. The number of aliphatic hydroxyl groups is 1. The first-order chi connectivity index (χ1) is 9.51. The largest absolute Gasteiger partial charge is 0.394 e. The summed E-state index contributed by atoms with van der Waals surface area (Å²) in [7, 11) is 0. The Kier molecular flexibility index (Phi) is 4.75. The Morgan fingerprint density at radius 3 is 2.90 bits per heavy atom. The van der Waals surface area contributed by atoms with Crippen molar-refractivity contribution in [1.82, 2.24) is 4.90 Å². The first kappa shape index (κ1) is 15.0. The molecule has 1 saturated heterocycles. The second-order valence-corrected chi connectivity index (χ2v) is 5.47. The molecule has 0 aromatic heterocycles. The fraction of sp³-hybridized carbons (Fsp3) is 0.533. The number of aryl methyl sites for hydroxylation is 1. The third kappa shape index (κ3) is 3.36. The summed E-state index contributed by atoms with van der Waals surface area (Å²) in [6, 6.07) is 6.21. The van der Waals surface area contributed by atoms with Crippen molar-refractivity contribution in [1.29, 1.82) is 5.41 Å². The van der Waals surface area contributed by atoms with E-state index < -0.39 is 0 Å². The van der Waals surface area contributed by atoms with Gasteiger partial charge in [0.1, 0.15) is 5.84 Å². The van der Waals surface area contributed by atoms with E-state index >= 15 is 0 Å². The maximum absolute atomic E-state index is 9.22. The molecule has 5 nitrogen and oxygen atoms in total. The number of morpholine rings is 1. The maximum atomic E-state index is 9.22. The zero-order chi connectivity index (χ0) is 14.7. The molecule has 5 heteroatoms. The number of amidine groups is 1. The standard InChI is InChI=1S/C15H23N3O2/c1-10-5-12(15(16)17)3-4-13(10)6-18-7-14(8-19)20-9-11(18)2/h3-5,11,14,19H,6-9H2,1-2H3,(H3,16,17). The van der Waals surface area contributed by atoms with E-state index in [1.54, 1.807) is 0 Å². The number of nitrogens with zero attached hydrogens (tertiary/aromatic N) is 1. The molecule has 1 aliphatic heterocycles. The lowest BCUT2D eigenvalue weighted by Gasteiger charge is -2.37. The van der Waals surface area contributed by atoms with E-state index in [4.69, 9.17) is 15.9 Å². The Morgan fingerprint density at radius 1 is 1.55 bits per heavy atom. The van der Waals surface area contributed by atoms with Crippen molar-refractivity contribution in [2.45, 2.75) is 32.5 Å². The molecule has 2 rings (SSSR count). The summed E-state index contributed by atoms with van der Waals surface area (Å²) >= 11 is 0. The van der Waals surface area contributed by atoms with Gasteiger partial charge in [0.25, 0.3) is 0 Å². The lowest BCUT2D eigenvalue weighted by molar-refractivity contribution is -0.0806. The van der Waals surface area contributed by atoms with Gasteiger partial charge in [-0.25, -0.2) is 0 Å². The first-order valence-electron chi connectivity index (χ1n) is 6.91. The highest BCUT2D eigenvalue weighted by Gasteiger charge is 2.25. The van der Waals surface area contributed by atoms with Gasteiger partial charge in [-0.3, -0.25) is 10.3 Å². The summed E-state index contributed by atoms with van der Waals surface area (Å²) in [5, 5.41) is 16.7. The van der Waals surface area contributed by atoms with Gasteiger partial charge in [0.15, 0.2) is 0 Å². The van der Waals surface area contributed by atoms with Gasteiger partial charge in [-0.1, -0.05) is 12.1 Å². The molecule has 0 aliphatic carbocycles. The molecule has 0 amide bonds. The SMILES string of the molecule is Cc1cc(C(=N)N)ccc1CN1CC(CO)OCC1C. The van der Waals surface area contributed by atoms with Crippen LogP contribution in [0.2, 0.25) is 0 Å². The summed E-state index contributed by atoms with van der Waals surface area (Å²) in [6.07, 6.45) is -0.0944. The predicted molar refractivity (Wildman–Crippen MR) is 78.9 cm³/mol. The molecule has 1 aliphatic rings. The average Bonchev–Trinajstić information content (AvgIpc) is 2.43. The maximum Gasteiger partial charge on any atom is 0.122 e. The molecular formula is C15H23N3O2. The third-order valence-corrected chi connectivity index (χ3v) is 3.87. The van der Waals surface area contributed by atoms with Crippen molar-refractivity contribution in [2.75, 3.05) is 19.8 Å². The minimum absolute atomic E-state index is 0.0610. The van der Waals surface area contributed by atoms with E-state index in [1.165, 1.54) is 5.56 Å². The van der Waals surface area contributed by atoms with Crippen molar-refractivity contribution in [2.24, 2.45) is 5.73 Å². The Morgan fingerprint density at radius 2 is 2.30 bits per heavy atom. The van der Waals surface area contributed by atoms with Gasteiger partial charge in [0, 0.05) is 24.7 Å². The Hall–Kier alpha value is -1.43. The van der Waals surface area contributed by atoms with Gasteiger partial charge < -0.3 is 15.6 Å². The summed E-state index contributed by atoms with van der Waals surface area (Å²) in [6.45, 7) is 6.45. The molecular weight excluding hydrogens is 254 g/mol. The second-order valence-electron chi connectivity index (χ2n) is 5.47. The van der Waals surface area contributed by atoms with Crippen LogP contribution in [-0.2, 0) is 11.3 Å². The van der Waals surface area contributed by atoms with Crippen LogP contribution in [0.1, 0.15) is 23.6 Å². The Labute approximate surface area is 119 Å². The molecule has 1 aromatic rings. The number of aliphatic hydroxyl groups excluding tert-OH is 1. The fourth-order valence-electron chi connectivity index (χ4n) is 2.47. The number of hydrogen-bond donors (Lipinski definition) is 3. The number of nitrogen functional groups attached to an aromatic ring is 1. The highest BCUT2D eigenvalue weighted by molar-refractivity contribution is 5.95. The Bertz CT molecular complexity index is 490. The predicted octanol–water partition coefficient (Wildman–Crippen LogP) is 0.861. The van der Waals surface area contributed by atoms with Crippen LogP contribution >= 0.6 is 0 Å². The van der Waals surface area contributed by atoms with Gasteiger partial charge in [-0.2, -0.15) is 0 Å². The monoisotopic (exact) mass is 277 g/mol. The molecule has 2 atom stereocenters. The lowest BCUT2D eigenvalue weighted by Crippen LogP contribution is -2.48. The number of rotatable bonds is 4. The van der Waals surface area contributed by atoms with Crippen LogP contribution in [0.5, 0.6) is 0 Å². The van der Waals surface area contributed by atoms with E-state index in [0.29, 0.717) is 12.6 Å². The molecule has 1 aromatic carbocycles. The molecule has 1 fully saturated rings. The molecule has 0 spiro atoms. The minimum Gasteiger partial charge on any atom is -0.394 e. The summed E-state index contributed by atoms with van der Waals surface area (Å²) in [5.41, 5.74) is 8.62. The molecule has 20 heavy (non-hydrogen) atoms. The highest BCUT2D eigenvalue weighted by atomic mass is 16.5. The quantitative estimate of drug-likeness (QED) is 0.563. The van der Waals surface area contributed by atoms with Gasteiger partial charge in [0.2, 0.25) is 0 Å². The average molecular weight is 277 g/mol. The number of benzene rings is 1. The van der Waals surface area contributed by atoms with Crippen molar-refractivity contribution in [3.63, 3.8) is 0 Å². The van der Waals surface area contributed by atoms with Crippen molar-refractivity contribution in [3.8, 4) is 0 Å². The number of nitrogens with two attached hydrogens (primary N) is 1. The van der Waals surface area contributed by atoms with Gasteiger partial charge in [0.05, 0.1) is 19.3 Å². The zero-order valence-electron chi connectivity index (χ0n) is 12.1. The molecule has 2 unspecified atom stereocenters. The van der Waals surface area contributed by atoms with E-state index in [-0.39, 0.29) is 18.5 Å². The molecule has 1 heterocycles. The smallest absolute Gasteiger partial charge is 0.122 e. The van der Waals surface area contributed by atoms with E-state index in [1.807, 2.05) is 25.1 Å². The van der Waals surface area contributed by atoms with E-state index in [9.17, 15) is 5.11 Å². The molecule has 0 radical (unpaired) electrons. The zero-order valence-corrected chi connectivity index (χ0v) is 12.1. The van der Waals surface area contributed by atoms with Crippen LogP contribution < -0.4 is 5.73 Å². The van der Waals surface area contributed by atoms with Crippen LogP contribution in [0.15, 0.2) is 18.2 Å². The molecule has 110 valence electrons.